The Morgan fingerprint density at radius 2 is 2.22 bits per heavy atom. The van der Waals surface area contributed by atoms with Crippen molar-refractivity contribution in [2.24, 2.45) is 0 Å². The lowest BCUT2D eigenvalue weighted by Crippen LogP contribution is -2.30. The zero-order valence-electron chi connectivity index (χ0n) is 13.5. The van der Waals surface area contributed by atoms with Crippen molar-refractivity contribution in [1.29, 1.82) is 0 Å². The summed E-state index contributed by atoms with van der Waals surface area (Å²) in [5.74, 6) is 0.969. The van der Waals surface area contributed by atoms with Crippen LogP contribution in [-0.2, 0) is 6.54 Å². The first kappa shape index (κ1) is 17.5. The Balaban J connectivity index is 0.00000192. The number of aromatic nitrogens is 3. The van der Waals surface area contributed by atoms with Crippen LogP contribution in [0.1, 0.15) is 23.1 Å². The Bertz CT molecular complexity index is 738. The highest BCUT2D eigenvalue weighted by atomic mass is 35.5. The molecular formula is C16H22ClN5O. The molecule has 6 nitrogen and oxygen atoms in total. The lowest BCUT2D eigenvalue weighted by Gasteiger charge is -2.22. The molecular weight excluding hydrogens is 314 g/mol. The average Bonchev–Trinajstić information content (AvgIpc) is 3.14. The third kappa shape index (κ3) is 3.90. The molecule has 3 aromatic rings. The predicted molar refractivity (Wildman–Crippen MR) is 92.7 cm³/mol. The number of fused-ring (bicyclic) bond motifs is 1. The van der Waals surface area contributed by atoms with Crippen molar-refractivity contribution in [3.63, 3.8) is 0 Å². The summed E-state index contributed by atoms with van der Waals surface area (Å²) in [5, 5.41) is 11.7. The molecule has 0 spiro atoms. The lowest BCUT2D eigenvalue weighted by atomic mass is 10.2. The second-order valence-electron chi connectivity index (χ2n) is 5.69. The van der Waals surface area contributed by atoms with Crippen molar-refractivity contribution >= 4 is 23.4 Å². The Morgan fingerprint density at radius 1 is 1.39 bits per heavy atom. The van der Waals surface area contributed by atoms with E-state index in [1.165, 1.54) is 0 Å². The fourth-order valence-electron chi connectivity index (χ4n) is 2.53. The van der Waals surface area contributed by atoms with Crippen LogP contribution in [0.3, 0.4) is 0 Å². The normalized spacial score (nSPS) is 12.5. The molecule has 0 radical (unpaired) electrons. The number of likely N-dealkylation sites (N-methyl/N-ethyl adjacent to an activating group) is 1. The van der Waals surface area contributed by atoms with Gasteiger partial charge in [-0.1, -0.05) is 0 Å². The molecule has 124 valence electrons. The molecule has 0 aliphatic carbocycles. The molecule has 0 saturated carbocycles. The van der Waals surface area contributed by atoms with Gasteiger partial charge in [-0.15, -0.1) is 12.4 Å². The van der Waals surface area contributed by atoms with Crippen LogP contribution < -0.4 is 5.32 Å². The first-order valence-corrected chi connectivity index (χ1v) is 7.35. The molecule has 2 N–H and O–H groups in total. The largest absolute Gasteiger partial charge is 0.468 e. The summed E-state index contributed by atoms with van der Waals surface area (Å²) >= 11 is 0. The summed E-state index contributed by atoms with van der Waals surface area (Å²) in [6, 6.07) is 6.27. The fraction of sp³-hybridized carbons (Fsp3) is 0.375. The van der Waals surface area contributed by atoms with E-state index in [9.17, 15) is 0 Å². The first-order chi connectivity index (χ1) is 10.6. The number of halogens is 1. The molecule has 0 aromatic carbocycles. The molecule has 0 aliphatic heterocycles. The summed E-state index contributed by atoms with van der Waals surface area (Å²) in [7, 11) is 4.11. The standard InChI is InChI=1S/C16H21N5O.ClH/c1-11-13-7-12(9-18-16(13)20-19-11)8-17-10-14(21(2)3)15-5-4-6-22-15;/h4-7,9,14,17H,8,10H2,1-3H3,(H,18,19,20);1H. The highest BCUT2D eigenvalue weighted by Gasteiger charge is 2.16. The molecule has 23 heavy (non-hydrogen) atoms. The van der Waals surface area contributed by atoms with Crippen LogP contribution in [0.5, 0.6) is 0 Å². The number of aryl methyl sites for hydroxylation is 1. The predicted octanol–water partition coefficient (Wildman–Crippen LogP) is 2.67. The third-order valence-corrected chi connectivity index (χ3v) is 3.82. The summed E-state index contributed by atoms with van der Waals surface area (Å²) in [4.78, 5) is 6.52. The number of H-pyrrole nitrogens is 1. The number of aromatic amines is 1. The van der Waals surface area contributed by atoms with Gasteiger partial charge in [-0.3, -0.25) is 10.00 Å². The maximum absolute atomic E-state index is 5.52. The minimum Gasteiger partial charge on any atom is -0.468 e. The molecule has 0 bridgehead atoms. The highest BCUT2D eigenvalue weighted by molar-refractivity contribution is 5.85. The zero-order chi connectivity index (χ0) is 15.5. The van der Waals surface area contributed by atoms with Crippen molar-refractivity contribution < 1.29 is 4.42 Å². The van der Waals surface area contributed by atoms with E-state index in [0.717, 1.165) is 41.1 Å². The van der Waals surface area contributed by atoms with E-state index in [0.29, 0.717) is 0 Å². The highest BCUT2D eigenvalue weighted by Crippen LogP contribution is 2.18. The Labute approximate surface area is 141 Å². The fourth-order valence-corrected chi connectivity index (χ4v) is 2.53. The maximum Gasteiger partial charge on any atom is 0.181 e. The number of pyridine rings is 1. The van der Waals surface area contributed by atoms with Crippen LogP contribution in [0.25, 0.3) is 11.0 Å². The number of hydrogen-bond acceptors (Lipinski definition) is 5. The smallest absolute Gasteiger partial charge is 0.181 e. The lowest BCUT2D eigenvalue weighted by molar-refractivity contribution is 0.250. The van der Waals surface area contributed by atoms with Crippen molar-refractivity contribution in [3.8, 4) is 0 Å². The molecule has 0 fully saturated rings. The minimum absolute atomic E-state index is 0. The molecule has 3 rings (SSSR count). The van der Waals surface area contributed by atoms with E-state index in [1.807, 2.05) is 25.3 Å². The van der Waals surface area contributed by atoms with Gasteiger partial charge in [0, 0.05) is 30.4 Å². The molecule has 3 heterocycles. The second kappa shape index (κ2) is 7.59. The van der Waals surface area contributed by atoms with Gasteiger partial charge in [0.05, 0.1) is 12.3 Å². The van der Waals surface area contributed by atoms with Crippen molar-refractivity contribution in [3.05, 3.63) is 47.7 Å². The van der Waals surface area contributed by atoms with Crippen LogP contribution in [0.4, 0.5) is 0 Å². The van der Waals surface area contributed by atoms with Gasteiger partial charge in [0.1, 0.15) is 5.76 Å². The Morgan fingerprint density at radius 3 is 2.91 bits per heavy atom. The van der Waals surface area contributed by atoms with Crippen molar-refractivity contribution in [1.82, 2.24) is 25.4 Å². The van der Waals surface area contributed by atoms with E-state index >= 15 is 0 Å². The summed E-state index contributed by atoms with van der Waals surface area (Å²) in [5.41, 5.74) is 2.96. The van der Waals surface area contributed by atoms with Gasteiger partial charge < -0.3 is 9.73 Å². The number of hydrogen-bond donors (Lipinski definition) is 2. The van der Waals surface area contributed by atoms with Gasteiger partial charge in [-0.2, -0.15) is 5.10 Å². The van der Waals surface area contributed by atoms with Gasteiger partial charge in [0.15, 0.2) is 5.65 Å². The van der Waals surface area contributed by atoms with Gasteiger partial charge in [-0.25, -0.2) is 4.98 Å². The molecule has 0 saturated heterocycles. The molecule has 1 unspecified atom stereocenters. The van der Waals surface area contributed by atoms with E-state index in [2.05, 4.69) is 45.6 Å². The molecule has 0 aliphatic rings. The van der Waals surface area contributed by atoms with Crippen LogP contribution in [0, 0.1) is 6.92 Å². The van der Waals surface area contributed by atoms with Gasteiger partial charge >= 0.3 is 0 Å². The third-order valence-electron chi connectivity index (χ3n) is 3.82. The number of furan rings is 1. The minimum atomic E-state index is 0. The van der Waals surface area contributed by atoms with E-state index < -0.39 is 0 Å². The van der Waals surface area contributed by atoms with Crippen LogP contribution in [0.2, 0.25) is 0 Å². The van der Waals surface area contributed by atoms with Crippen LogP contribution in [0.15, 0.2) is 35.1 Å². The van der Waals surface area contributed by atoms with Crippen LogP contribution in [-0.4, -0.2) is 40.7 Å². The molecule has 3 aromatic heterocycles. The second-order valence-corrected chi connectivity index (χ2v) is 5.69. The van der Waals surface area contributed by atoms with E-state index in [4.69, 9.17) is 4.42 Å². The summed E-state index contributed by atoms with van der Waals surface area (Å²) in [6.07, 6.45) is 3.58. The number of nitrogens with zero attached hydrogens (tertiary/aromatic N) is 3. The average molecular weight is 336 g/mol. The number of nitrogens with one attached hydrogen (secondary N) is 2. The van der Waals surface area contributed by atoms with Gasteiger partial charge in [0.2, 0.25) is 0 Å². The number of rotatable bonds is 6. The van der Waals surface area contributed by atoms with Gasteiger partial charge in [0.25, 0.3) is 0 Å². The maximum atomic E-state index is 5.52. The monoisotopic (exact) mass is 335 g/mol. The first-order valence-electron chi connectivity index (χ1n) is 7.35. The quantitative estimate of drug-likeness (QED) is 0.724. The zero-order valence-corrected chi connectivity index (χ0v) is 14.4. The molecule has 7 heteroatoms. The Hall–Kier alpha value is -1.89. The summed E-state index contributed by atoms with van der Waals surface area (Å²) in [6.45, 7) is 3.58. The summed E-state index contributed by atoms with van der Waals surface area (Å²) < 4.78 is 5.52. The molecule has 0 amide bonds. The topological polar surface area (TPSA) is 70.0 Å². The van der Waals surface area contributed by atoms with Crippen molar-refractivity contribution in [2.45, 2.75) is 19.5 Å². The van der Waals surface area contributed by atoms with Gasteiger partial charge in [-0.05, 0) is 44.8 Å². The van der Waals surface area contributed by atoms with Crippen molar-refractivity contribution in [2.75, 3.05) is 20.6 Å². The Kier molecular flexibility index (Phi) is 5.76. The molecule has 1 atom stereocenters. The van der Waals surface area contributed by atoms with E-state index in [-0.39, 0.29) is 18.4 Å². The van der Waals surface area contributed by atoms with E-state index in [1.54, 1.807) is 6.26 Å². The SMILES string of the molecule is Cc1[nH]nc2ncc(CNCC(c3ccco3)N(C)C)cc12.Cl. The van der Waals surface area contributed by atoms with Crippen LogP contribution >= 0.6 is 12.4 Å².